The first-order valence-corrected chi connectivity index (χ1v) is 8.57. The zero-order chi connectivity index (χ0) is 16.0. The maximum atomic E-state index is 11.7. The Bertz CT molecular complexity index is 470. The van der Waals surface area contributed by atoms with Crippen LogP contribution in [0.15, 0.2) is 21.1 Å². The standard InChI is InChI=1S/C15H22Br2N2O2/c1-4-10(3)19-14(20)8-21-15-12(16)6-11(5-9(2)18)7-13(15)17/h6-7,9-10H,4-5,8,18H2,1-3H3,(H,19,20). The van der Waals surface area contributed by atoms with Crippen LogP contribution in [-0.4, -0.2) is 24.6 Å². The molecule has 6 heteroatoms. The number of hydrogen-bond donors (Lipinski definition) is 2. The molecule has 2 atom stereocenters. The van der Waals surface area contributed by atoms with Gasteiger partial charge < -0.3 is 15.8 Å². The molecule has 118 valence electrons. The zero-order valence-corrected chi connectivity index (χ0v) is 15.8. The van der Waals surface area contributed by atoms with Crippen LogP contribution in [-0.2, 0) is 11.2 Å². The van der Waals surface area contributed by atoms with E-state index in [1.807, 2.05) is 32.9 Å². The van der Waals surface area contributed by atoms with Crippen LogP contribution in [0.5, 0.6) is 5.75 Å². The lowest BCUT2D eigenvalue weighted by Gasteiger charge is -2.15. The second-order valence-corrected chi connectivity index (χ2v) is 6.94. The van der Waals surface area contributed by atoms with Crippen molar-refractivity contribution in [2.45, 2.75) is 45.7 Å². The molecule has 2 unspecified atom stereocenters. The van der Waals surface area contributed by atoms with Crippen LogP contribution in [0.25, 0.3) is 0 Å². The van der Waals surface area contributed by atoms with Crippen LogP contribution < -0.4 is 15.8 Å². The first kappa shape index (κ1) is 18.5. The molecule has 0 aliphatic rings. The van der Waals surface area contributed by atoms with Gasteiger partial charge >= 0.3 is 0 Å². The van der Waals surface area contributed by atoms with Crippen molar-refractivity contribution >= 4 is 37.8 Å². The first-order valence-electron chi connectivity index (χ1n) is 6.99. The minimum Gasteiger partial charge on any atom is -0.481 e. The summed E-state index contributed by atoms with van der Waals surface area (Å²) in [6, 6.07) is 4.18. The molecule has 0 spiro atoms. The summed E-state index contributed by atoms with van der Waals surface area (Å²) in [7, 11) is 0. The molecular weight excluding hydrogens is 400 g/mol. The highest BCUT2D eigenvalue weighted by Gasteiger charge is 2.12. The molecule has 0 bridgehead atoms. The topological polar surface area (TPSA) is 64.3 Å². The lowest BCUT2D eigenvalue weighted by atomic mass is 10.1. The van der Waals surface area contributed by atoms with Gasteiger partial charge in [0.25, 0.3) is 5.91 Å². The molecule has 1 aromatic rings. The molecule has 1 aromatic carbocycles. The average Bonchev–Trinajstić information content (AvgIpc) is 2.36. The number of ether oxygens (including phenoxy) is 1. The van der Waals surface area contributed by atoms with Crippen LogP contribution in [0.4, 0.5) is 0 Å². The Kier molecular flexibility index (Phi) is 7.70. The Balaban J connectivity index is 2.69. The van der Waals surface area contributed by atoms with Gasteiger partial charge in [0.15, 0.2) is 6.61 Å². The Morgan fingerprint density at radius 3 is 2.38 bits per heavy atom. The molecule has 0 heterocycles. The van der Waals surface area contributed by atoms with E-state index >= 15 is 0 Å². The van der Waals surface area contributed by atoms with E-state index in [-0.39, 0.29) is 24.6 Å². The minimum atomic E-state index is -0.122. The van der Waals surface area contributed by atoms with Crippen molar-refractivity contribution in [2.24, 2.45) is 5.73 Å². The van der Waals surface area contributed by atoms with Gasteiger partial charge in [0.05, 0.1) is 8.95 Å². The summed E-state index contributed by atoms with van der Waals surface area (Å²) < 4.78 is 7.22. The SMILES string of the molecule is CCC(C)NC(=O)COc1c(Br)cc(CC(C)N)cc1Br. The smallest absolute Gasteiger partial charge is 0.258 e. The van der Waals surface area contributed by atoms with E-state index in [2.05, 4.69) is 37.2 Å². The van der Waals surface area contributed by atoms with Crippen LogP contribution in [0, 0.1) is 0 Å². The lowest BCUT2D eigenvalue weighted by Crippen LogP contribution is -2.35. The molecule has 0 aromatic heterocycles. The second-order valence-electron chi connectivity index (χ2n) is 5.24. The predicted molar refractivity (Wildman–Crippen MR) is 92.6 cm³/mol. The molecule has 3 N–H and O–H groups in total. The van der Waals surface area contributed by atoms with Crippen molar-refractivity contribution in [2.75, 3.05) is 6.61 Å². The Morgan fingerprint density at radius 1 is 1.33 bits per heavy atom. The highest BCUT2D eigenvalue weighted by molar-refractivity contribution is 9.11. The van der Waals surface area contributed by atoms with Gasteiger partial charge in [-0.1, -0.05) is 6.92 Å². The Morgan fingerprint density at radius 2 is 1.90 bits per heavy atom. The van der Waals surface area contributed by atoms with Crippen molar-refractivity contribution in [1.29, 1.82) is 0 Å². The average molecular weight is 422 g/mol. The molecule has 0 aliphatic heterocycles. The van der Waals surface area contributed by atoms with Gasteiger partial charge in [0.2, 0.25) is 0 Å². The van der Waals surface area contributed by atoms with Gasteiger partial charge in [-0.2, -0.15) is 0 Å². The van der Waals surface area contributed by atoms with Crippen molar-refractivity contribution in [3.63, 3.8) is 0 Å². The van der Waals surface area contributed by atoms with Gasteiger partial charge in [0.1, 0.15) is 5.75 Å². The number of carbonyl (C=O) groups is 1. The van der Waals surface area contributed by atoms with Crippen LogP contribution in [0.2, 0.25) is 0 Å². The quantitative estimate of drug-likeness (QED) is 0.709. The van der Waals surface area contributed by atoms with Gasteiger partial charge in [-0.25, -0.2) is 0 Å². The van der Waals surface area contributed by atoms with E-state index in [0.29, 0.717) is 5.75 Å². The van der Waals surface area contributed by atoms with E-state index in [9.17, 15) is 4.79 Å². The predicted octanol–water partition coefficient (Wildman–Crippen LogP) is 3.39. The van der Waals surface area contributed by atoms with Crippen molar-refractivity contribution in [3.8, 4) is 5.75 Å². The molecule has 0 saturated heterocycles. The van der Waals surface area contributed by atoms with Crippen LogP contribution in [0.1, 0.15) is 32.8 Å². The molecule has 1 amide bonds. The number of benzene rings is 1. The van der Waals surface area contributed by atoms with Gasteiger partial charge in [-0.15, -0.1) is 0 Å². The molecule has 0 aliphatic carbocycles. The summed E-state index contributed by atoms with van der Waals surface area (Å²) in [4.78, 5) is 11.7. The second kappa shape index (κ2) is 8.76. The Labute approximate surface area is 143 Å². The maximum Gasteiger partial charge on any atom is 0.258 e. The highest BCUT2D eigenvalue weighted by atomic mass is 79.9. The third-order valence-electron chi connectivity index (χ3n) is 2.98. The molecule has 0 fully saturated rings. The summed E-state index contributed by atoms with van der Waals surface area (Å²) in [6.07, 6.45) is 1.68. The van der Waals surface area contributed by atoms with Crippen molar-refractivity contribution in [1.82, 2.24) is 5.32 Å². The highest BCUT2D eigenvalue weighted by Crippen LogP contribution is 2.35. The molecular formula is C15H22Br2N2O2. The fourth-order valence-electron chi connectivity index (χ4n) is 1.80. The van der Waals surface area contributed by atoms with Crippen LogP contribution >= 0.6 is 31.9 Å². The summed E-state index contributed by atoms with van der Waals surface area (Å²) >= 11 is 6.95. The number of amides is 1. The van der Waals surface area contributed by atoms with E-state index in [0.717, 1.165) is 27.4 Å². The van der Waals surface area contributed by atoms with Crippen molar-refractivity contribution < 1.29 is 9.53 Å². The summed E-state index contributed by atoms with van der Waals surface area (Å²) in [5.41, 5.74) is 6.92. The number of nitrogens with two attached hydrogens (primary N) is 1. The summed E-state index contributed by atoms with van der Waals surface area (Å²) in [5, 5.41) is 2.87. The number of hydrogen-bond acceptors (Lipinski definition) is 3. The molecule has 4 nitrogen and oxygen atoms in total. The third kappa shape index (κ3) is 6.36. The monoisotopic (exact) mass is 420 g/mol. The molecule has 0 saturated carbocycles. The normalized spacial score (nSPS) is 13.6. The fraction of sp³-hybridized carbons (Fsp3) is 0.533. The Hall–Kier alpha value is -0.590. The van der Waals surface area contributed by atoms with Crippen LogP contribution in [0.3, 0.4) is 0 Å². The molecule has 21 heavy (non-hydrogen) atoms. The van der Waals surface area contributed by atoms with E-state index in [4.69, 9.17) is 10.5 Å². The van der Waals surface area contributed by atoms with Gasteiger partial charge in [-0.05, 0) is 76.2 Å². The number of halogens is 2. The largest absolute Gasteiger partial charge is 0.481 e. The summed E-state index contributed by atoms with van der Waals surface area (Å²) in [5.74, 6) is 0.505. The zero-order valence-electron chi connectivity index (χ0n) is 12.6. The molecule has 0 radical (unpaired) electrons. The van der Waals surface area contributed by atoms with Gasteiger partial charge in [0, 0.05) is 12.1 Å². The maximum absolute atomic E-state index is 11.7. The van der Waals surface area contributed by atoms with Gasteiger partial charge in [-0.3, -0.25) is 4.79 Å². The number of carbonyl (C=O) groups excluding carboxylic acids is 1. The third-order valence-corrected chi connectivity index (χ3v) is 4.16. The first-order chi connectivity index (χ1) is 9.83. The van der Waals surface area contributed by atoms with E-state index < -0.39 is 0 Å². The fourth-order valence-corrected chi connectivity index (χ4v) is 3.31. The number of rotatable bonds is 7. The molecule has 1 rings (SSSR count). The summed E-state index contributed by atoms with van der Waals surface area (Å²) in [6.45, 7) is 5.95. The lowest BCUT2D eigenvalue weighted by molar-refractivity contribution is -0.123. The number of nitrogens with one attached hydrogen (secondary N) is 1. The minimum absolute atomic E-state index is 0.00578. The van der Waals surface area contributed by atoms with Crippen molar-refractivity contribution in [3.05, 3.63) is 26.6 Å². The van der Waals surface area contributed by atoms with E-state index in [1.54, 1.807) is 0 Å². The van der Waals surface area contributed by atoms with E-state index in [1.165, 1.54) is 0 Å².